The third-order valence-electron chi connectivity index (χ3n) is 4.70. The van der Waals surface area contributed by atoms with Crippen molar-refractivity contribution in [2.45, 2.75) is 4.90 Å². The molecule has 0 unspecified atom stereocenters. The summed E-state index contributed by atoms with van der Waals surface area (Å²) in [4.78, 5) is 4.68. The average Bonchev–Trinajstić information content (AvgIpc) is 3.25. The number of benzene rings is 3. The van der Waals surface area contributed by atoms with Crippen molar-refractivity contribution in [3.8, 4) is 16.9 Å². The van der Waals surface area contributed by atoms with Crippen molar-refractivity contribution in [3.63, 3.8) is 0 Å². The maximum Gasteiger partial charge on any atom is 0.240 e. The molecule has 0 amide bonds. The molecule has 0 saturated heterocycles. The lowest BCUT2D eigenvalue weighted by Crippen LogP contribution is -2.26. The molecule has 8 heteroatoms. The zero-order chi connectivity index (χ0) is 22.4. The van der Waals surface area contributed by atoms with Crippen LogP contribution in [0.4, 0.5) is 0 Å². The van der Waals surface area contributed by atoms with E-state index in [2.05, 4.69) is 25.6 Å². The molecule has 32 heavy (non-hydrogen) atoms. The first-order valence-electron chi connectivity index (χ1n) is 9.98. The molecular formula is C24H21BrN4O2S. The second-order valence-electron chi connectivity index (χ2n) is 6.97. The van der Waals surface area contributed by atoms with Gasteiger partial charge in [-0.2, -0.15) is 5.10 Å². The van der Waals surface area contributed by atoms with Crippen molar-refractivity contribution in [1.82, 2.24) is 14.5 Å². The molecule has 0 aliphatic heterocycles. The van der Waals surface area contributed by atoms with Gasteiger partial charge >= 0.3 is 0 Å². The van der Waals surface area contributed by atoms with Crippen LogP contribution in [0, 0.1) is 0 Å². The first-order chi connectivity index (χ1) is 15.5. The van der Waals surface area contributed by atoms with Gasteiger partial charge in [0.25, 0.3) is 0 Å². The normalized spacial score (nSPS) is 11.8. The van der Waals surface area contributed by atoms with Crippen molar-refractivity contribution < 1.29 is 8.42 Å². The van der Waals surface area contributed by atoms with Crippen molar-refractivity contribution in [3.05, 3.63) is 101 Å². The lowest BCUT2D eigenvalue weighted by atomic mass is 10.1. The Bertz CT molecular complexity index is 1300. The highest BCUT2D eigenvalue weighted by atomic mass is 79.9. The van der Waals surface area contributed by atoms with Crippen LogP contribution in [0.15, 0.2) is 105 Å². The Morgan fingerprint density at radius 2 is 1.59 bits per heavy atom. The van der Waals surface area contributed by atoms with E-state index in [0.29, 0.717) is 6.54 Å². The fourth-order valence-corrected chi connectivity index (χ4v) is 4.42. The maximum absolute atomic E-state index is 12.3. The highest BCUT2D eigenvalue weighted by molar-refractivity contribution is 9.10. The molecule has 4 rings (SSSR count). The van der Waals surface area contributed by atoms with Crippen LogP contribution < -0.4 is 4.72 Å². The van der Waals surface area contributed by atoms with Crippen LogP contribution in [-0.2, 0) is 10.0 Å². The van der Waals surface area contributed by atoms with Gasteiger partial charge in [0.2, 0.25) is 10.0 Å². The van der Waals surface area contributed by atoms with E-state index in [1.54, 1.807) is 36.5 Å². The van der Waals surface area contributed by atoms with Gasteiger partial charge in [0.1, 0.15) is 5.69 Å². The van der Waals surface area contributed by atoms with Crippen LogP contribution in [-0.4, -0.2) is 37.5 Å². The molecule has 4 aromatic rings. The Kier molecular flexibility index (Phi) is 6.94. The van der Waals surface area contributed by atoms with Gasteiger partial charge in [0.15, 0.2) is 0 Å². The summed E-state index contributed by atoms with van der Waals surface area (Å²) in [6.45, 7) is 0.510. The molecule has 0 aliphatic rings. The standard InChI is InChI=1S/C24H21BrN4O2S/c25-21-13-11-19(12-14-21)24-20(18-29(28-24)22-7-3-1-4-8-22)17-26-15-16-27-32(30,31)23-9-5-2-6-10-23/h1-14,17-18,27H,15-16H2. The van der Waals surface area contributed by atoms with E-state index in [-0.39, 0.29) is 11.4 Å². The van der Waals surface area contributed by atoms with Gasteiger partial charge in [-0.3, -0.25) is 4.99 Å². The zero-order valence-corrected chi connectivity index (χ0v) is 19.5. The summed E-state index contributed by atoms with van der Waals surface area (Å²) in [6.07, 6.45) is 3.66. The van der Waals surface area contributed by atoms with Gasteiger partial charge in [-0.05, 0) is 36.4 Å². The molecule has 0 radical (unpaired) electrons. The van der Waals surface area contributed by atoms with Crippen molar-refractivity contribution >= 4 is 32.2 Å². The van der Waals surface area contributed by atoms with Crippen LogP contribution in [0.3, 0.4) is 0 Å². The molecule has 6 nitrogen and oxygen atoms in total. The molecule has 0 saturated carbocycles. The van der Waals surface area contributed by atoms with Gasteiger partial charge < -0.3 is 0 Å². The Morgan fingerprint density at radius 1 is 0.938 bits per heavy atom. The molecule has 0 bridgehead atoms. The number of aromatic nitrogens is 2. The summed E-state index contributed by atoms with van der Waals surface area (Å²) in [6, 6.07) is 26.1. The molecule has 0 fully saturated rings. The quantitative estimate of drug-likeness (QED) is 0.276. The lowest BCUT2D eigenvalue weighted by molar-refractivity contribution is 0.582. The average molecular weight is 509 g/mol. The molecule has 1 N–H and O–H groups in total. The monoisotopic (exact) mass is 508 g/mol. The number of rotatable bonds is 8. The number of halogens is 1. The number of nitrogens with one attached hydrogen (secondary N) is 1. The minimum Gasteiger partial charge on any atom is -0.291 e. The minimum absolute atomic E-state index is 0.203. The smallest absolute Gasteiger partial charge is 0.240 e. The van der Waals surface area contributed by atoms with Crippen LogP contribution in [0.1, 0.15) is 5.56 Å². The summed E-state index contributed by atoms with van der Waals surface area (Å²) in [5, 5.41) is 4.76. The van der Waals surface area contributed by atoms with Crippen LogP contribution in [0.5, 0.6) is 0 Å². The second-order valence-corrected chi connectivity index (χ2v) is 9.65. The number of para-hydroxylation sites is 1. The number of sulfonamides is 1. The zero-order valence-electron chi connectivity index (χ0n) is 17.1. The molecule has 0 atom stereocenters. The Morgan fingerprint density at radius 3 is 2.28 bits per heavy atom. The minimum atomic E-state index is -3.54. The van der Waals surface area contributed by atoms with Crippen LogP contribution in [0.25, 0.3) is 16.9 Å². The van der Waals surface area contributed by atoms with Gasteiger partial charge in [0.05, 0.1) is 17.1 Å². The van der Waals surface area contributed by atoms with Gasteiger partial charge in [-0.15, -0.1) is 0 Å². The van der Waals surface area contributed by atoms with Gasteiger partial charge in [-0.1, -0.05) is 64.5 Å². The van der Waals surface area contributed by atoms with E-state index < -0.39 is 10.0 Å². The predicted octanol–water partition coefficient (Wildman–Crippen LogP) is 4.70. The summed E-state index contributed by atoms with van der Waals surface area (Å²) >= 11 is 3.46. The highest BCUT2D eigenvalue weighted by Crippen LogP contribution is 2.24. The molecule has 0 aliphatic carbocycles. The van der Waals surface area contributed by atoms with Crippen LogP contribution in [0.2, 0.25) is 0 Å². The second kappa shape index (κ2) is 10.0. The van der Waals surface area contributed by atoms with E-state index in [9.17, 15) is 8.42 Å². The third kappa shape index (κ3) is 5.40. The van der Waals surface area contributed by atoms with E-state index in [4.69, 9.17) is 5.10 Å². The van der Waals surface area contributed by atoms with Gasteiger partial charge in [0, 0.05) is 34.6 Å². The topological polar surface area (TPSA) is 76.3 Å². The fourth-order valence-electron chi connectivity index (χ4n) is 3.12. The van der Waals surface area contributed by atoms with Crippen molar-refractivity contribution in [2.75, 3.05) is 13.1 Å². The number of nitrogens with zero attached hydrogens (tertiary/aromatic N) is 3. The van der Waals surface area contributed by atoms with E-state index in [1.165, 1.54) is 0 Å². The Labute approximate surface area is 195 Å². The molecule has 0 spiro atoms. The van der Waals surface area contributed by atoms with Crippen molar-refractivity contribution in [1.29, 1.82) is 0 Å². The Balaban J connectivity index is 1.51. The first-order valence-corrected chi connectivity index (χ1v) is 12.3. The summed E-state index contributed by atoms with van der Waals surface area (Å²) in [5.41, 5.74) is 3.56. The summed E-state index contributed by atoms with van der Waals surface area (Å²) in [5.74, 6) is 0. The van der Waals surface area contributed by atoms with Gasteiger partial charge in [-0.25, -0.2) is 17.8 Å². The molecular weight excluding hydrogens is 488 g/mol. The highest BCUT2D eigenvalue weighted by Gasteiger charge is 2.13. The van der Waals surface area contributed by atoms with E-state index in [0.717, 1.165) is 27.0 Å². The third-order valence-corrected chi connectivity index (χ3v) is 6.70. The summed E-state index contributed by atoms with van der Waals surface area (Å²) < 4.78 is 30.0. The molecule has 1 aromatic heterocycles. The first kappa shape index (κ1) is 22.1. The summed E-state index contributed by atoms with van der Waals surface area (Å²) in [7, 11) is -3.54. The fraction of sp³-hybridized carbons (Fsp3) is 0.0833. The molecule has 162 valence electrons. The van der Waals surface area contributed by atoms with E-state index >= 15 is 0 Å². The molecule has 3 aromatic carbocycles. The Hall–Kier alpha value is -3.07. The number of hydrogen-bond donors (Lipinski definition) is 1. The lowest BCUT2D eigenvalue weighted by Gasteiger charge is -2.04. The molecule has 1 heterocycles. The predicted molar refractivity (Wildman–Crippen MR) is 131 cm³/mol. The number of hydrogen-bond acceptors (Lipinski definition) is 4. The van der Waals surface area contributed by atoms with Crippen molar-refractivity contribution in [2.24, 2.45) is 4.99 Å². The largest absolute Gasteiger partial charge is 0.291 e. The maximum atomic E-state index is 12.3. The van der Waals surface area contributed by atoms with E-state index in [1.807, 2.05) is 65.5 Å². The number of aliphatic imine (C=N–C) groups is 1. The van der Waals surface area contributed by atoms with Crippen LogP contribution >= 0.6 is 15.9 Å². The SMILES string of the molecule is O=S(=O)(NCCN=Cc1cn(-c2ccccc2)nc1-c1ccc(Br)cc1)c1ccccc1.